The van der Waals surface area contributed by atoms with Crippen LogP contribution in [0.15, 0.2) is 47.5 Å². The van der Waals surface area contributed by atoms with Crippen molar-refractivity contribution in [1.29, 1.82) is 0 Å². The summed E-state index contributed by atoms with van der Waals surface area (Å²) in [6, 6.07) is 2.99. The summed E-state index contributed by atoms with van der Waals surface area (Å²) in [6.07, 6.45) is -2.53. The summed E-state index contributed by atoms with van der Waals surface area (Å²) in [5.41, 5.74) is 0.222. The second-order valence-electron chi connectivity index (χ2n) is 8.01. The van der Waals surface area contributed by atoms with Crippen LogP contribution in [0.5, 0.6) is 0 Å². The van der Waals surface area contributed by atoms with Crippen molar-refractivity contribution in [3.05, 3.63) is 65.8 Å². The molecule has 0 aromatic carbocycles. The fraction of sp³-hybridized carbons (Fsp3) is 0.381. The number of hydrogen-bond donors (Lipinski definition) is 3. The summed E-state index contributed by atoms with van der Waals surface area (Å²) in [4.78, 5) is 21.0. The molecule has 3 N–H and O–H groups in total. The lowest BCUT2D eigenvalue weighted by Gasteiger charge is -2.17. The number of rotatable bonds is 10. The summed E-state index contributed by atoms with van der Waals surface area (Å²) in [5, 5.41) is 12.8. The molecule has 4 rings (SSSR count). The predicted octanol–water partition coefficient (Wildman–Crippen LogP) is 1.82. The zero-order chi connectivity index (χ0) is 26.0. The Morgan fingerprint density at radius 1 is 1.36 bits per heavy atom. The van der Waals surface area contributed by atoms with Gasteiger partial charge in [0.15, 0.2) is 11.5 Å². The lowest BCUT2D eigenvalue weighted by Crippen LogP contribution is -2.35. The highest BCUT2D eigenvalue weighted by Crippen LogP contribution is 2.30. The molecule has 1 aliphatic carbocycles. The quantitative estimate of drug-likeness (QED) is 0.335. The first-order valence-corrected chi connectivity index (χ1v) is 12.1. The molecule has 11 nitrogen and oxygen atoms in total. The number of aliphatic hydroxyl groups is 1. The number of nitrogens with zero attached hydrogens (tertiary/aromatic N) is 3. The second kappa shape index (κ2) is 10.4. The third kappa shape index (κ3) is 5.59. The summed E-state index contributed by atoms with van der Waals surface area (Å²) in [7, 11) is -3.06. The number of aromatic nitrogens is 3. The smallest absolute Gasteiger partial charge is 0.335 e. The number of hydrogen-bond acceptors (Lipinski definition) is 9. The van der Waals surface area contributed by atoms with Crippen molar-refractivity contribution in [3.8, 4) is 0 Å². The minimum Gasteiger partial charge on any atom is -0.458 e. The Balaban J connectivity index is 1.48. The van der Waals surface area contributed by atoms with E-state index in [1.807, 2.05) is 4.72 Å². The first-order valence-electron chi connectivity index (χ1n) is 10.7. The predicted molar refractivity (Wildman–Crippen MR) is 118 cm³/mol. The Morgan fingerprint density at radius 2 is 2.14 bits per heavy atom. The van der Waals surface area contributed by atoms with Gasteiger partial charge in [0.1, 0.15) is 36.3 Å². The third-order valence-electron chi connectivity index (χ3n) is 5.61. The zero-order valence-electron chi connectivity index (χ0n) is 18.7. The first-order chi connectivity index (χ1) is 17.1. The molecule has 0 radical (unpaired) electrons. The van der Waals surface area contributed by atoms with Crippen molar-refractivity contribution in [2.75, 3.05) is 12.4 Å². The van der Waals surface area contributed by atoms with Gasteiger partial charge in [0.25, 0.3) is 6.43 Å². The van der Waals surface area contributed by atoms with Crippen LogP contribution in [-0.4, -0.2) is 65.3 Å². The van der Waals surface area contributed by atoms with E-state index in [4.69, 9.17) is 8.60 Å². The number of nitrogens with one attached hydrogen (secondary N) is 2. The molecule has 15 heteroatoms. The Morgan fingerprint density at radius 3 is 2.83 bits per heavy atom. The van der Waals surface area contributed by atoms with Gasteiger partial charge in [-0.2, -0.15) is 13.1 Å². The van der Waals surface area contributed by atoms with Crippen molar-refractivity contribution in [2.45, 2.75) is 43.8 Å². The summed E-state index contributed by atoms with van der Waals surface area (Å²) >= 11 is 0. The van der Waals surface area contributed by atoms with Gasteiger partial charge in [-0.15, -0.1) is 0 Å². The van der Waals surface area contributed by atoms with Crippen molar-refractivity contribution < 1.29 is 40.1 Å². The van der Waals surface area contributed by atoms with Gasteiger partial charge in [-0.05, 0) is 18.2 Å². The number of anilines is 1. The molecule has 0 amide bonds. The van der Waals surface area contributed by atoms with E-state index >= 15 is 0 Å². The van der Waals surface area contributed by atoms with Gasteiger partial charge in [0.05, 0.1) is 18.2 Å². The Labute approximate surface area is 203 Å². The van der Waals surface area contributed by atoms with Crippen molar-refractivity contribution in [1.82, 2.24) is 19.3 Å². The molecule has 0 spiro atoms. The van der Waals surface area contributed by atoms with Gasteiger partial charge in [-0.3, -0.25) is 8.98 Å². The molecule has 0 unspecified atom stereocenters. The first kappa shape index (κ1) is 25.8. The molecule has 4 atom stereocenters. The van der Waals surface area contributed by atoms with Gasteiger partial charge in [0.2, 0.25) is 0 Å². The van der Waals surface area contributed by atoms with E-state index < -0.39 is 52.7 Å². The minimum absolute atomic E-state index is 0.00198. The van der Waals surface area contributed by atoms with E-state index in [1.54, 1.807) is 10.8 Å². The van der Waals surface area contributed by atoms with Crippen LogP contribution in [0.1, 0.15) is 40.3 Å². The molecule has 1 aliphatic rings. The second-order valence-corrected chi connectivity index (χ2v) is 9.51. The summed E-state index contributed by atoms with van der Waals surface area (Å²) < 4.78 is 76.8. The largest absolute Gasteiger partial charge is 0.458 e. The Bertz CT molecular complexity index is 1330. The minimum atomic E-state index is -4.17. The van der Waals surface area contributed by atoms with E-state index in [-0.39, 0.29) is 35.7 Å². The maximum absolute atomic E-state index is 14.7. The standard InChI is InChI=1S/C21H22F3N5O6S/c1-25-36(32,33)35-16-6-14(17(22)19(16)31)28-21-13(7-26-10-27-21)18(30)11-4-5-29(8-11)9-12-2-3-15(34-12)20(23)24/h2-5,7-8,10,14,16-17,19-20,25,31H,6,9H2,1H3,(H,26,27,28)/t14-,16-,17-,19-/m1/s1. The van der Waals surface area contributed by atoms with E-state index in [2.05, 4.69) is 15.3 Å². The van der Waals surface area contributed by atoms with E-state index in [9.17, 15) is 31.5 Å². The maximum atomic E-state index is 14.7. The highest BCUT2D eigenvalue weighted by atomic mass is 32.2. The topological polar surface area (TPSA) is 149 Å². The lowest BCUT2D eigenvalue weighted by molar-refractivity contribution is 0.0248. The number of ketones is 1. The highest BCUT2D eigenvalue weighted by Gasteiger charge is 2.46. The molecule has 3 aromatic heterocycles. The molecule has 1 fully saturated rings. The van der Waals surface area contributed by atoms with E-state index in [1.165, 1.54) is 30.6 Å². The molecule has 3 aromatic rings. The van der Waals surface area contributed by atoms with Crippen LogP contribution >= 0.6 is 0 Å². The van der Waals surface area contributed by atoms with Crippen LogP contribution in [0.25, 0.3) is 0 Å². The fourth-order valence-corrected chi connectivity index (χ4v) is 4.41. The molecule has 1 saturated carbocycles. The van der Waals surface area contributed by atoms with E-state index in [0.29, 0.717) is 0 Å². The monoisotopic (exact) mass is 529 g/mol. The molecular formula is C21H22F3N5O6S. The van der Waals surface area contributed by atoms with Gasteiger partial charge in [0, 0.05) is 37.6 Å². The average Bonchev–Trinajstić information content (AvgIpc) is 3.57. The van der Waals surface area contributed by atoms with Gasteiger partial charge in [-0.25, -0.2) is 23.1 Å². The van der Waals surface area contributed by atoms with Crippen molar-refractivity contribution in [3.63, 3.8) is 0 Å². The number of halogens is 3. The zero-order valence-corrected chi connectivity index (χ0v) is 19.5. The summed E-state index contributed by atoms with van der Waals surface area (Å²) in [6.45, 7) is 0.108. The van der Waals surface area contributed by atoms with Crippen LogP contribution in [-0.2, 0) is 21.0 Å². The van der Waals surface area contributed by atoms with Gasteiger partial charge in [-0.1, -0.05) is 0 Å². The molecule has 0 bridgehead atoms. The Kier molecular flexibility index (Phi) is 7.44. The molecule has 3 heterocycles. The molecule has 0 aliphatic heterocycles. The van der Waals surface area contributed by atoms with Gasteiger partial charge < -0.3 is 19.4 Å². The maximum Gasteiger partial charge on any atom is 0.335 e. The number of aliphatic hydroxyl groups excluding tert-OH is 1. The number of carbonyl (C=O) groups excluding carboxylic acids is 1. The number of alkyl halides is 3. The SMILES string of the molecule is CNS(=O)(=O)O[C@@H]1C[C@@H](Nc2ncncc2C(=O)c2ccn(Cc3ccc(C(F)F)o3)c2)[C@@H](F)[C@@H]1O. The molecule has 0 saturated heterocycles. The Hall–Kier alpha value is -3.27. The van der Waals surface area contributed by atoms with Crippen molar-refractivity contribution in [2.24, 2.45) is 0 Å². The van der Waals surface area contributed by atoms with Gasteiger partial charge >= 0.3 is 10.3 Å². The van der Waals surface area contributed by atoms with Crippen molar-refractivity contribution >= 4 is 21.9 Å². The van der Waals surface area contributed by atoms with Crippen LogP contribution in [0.2, 0.25) is 0 Å². The number of carbonyl (C=O) groups is 1. The molecule has 36 heavy (non-hydrogen) atoms. The number of furan rings is 1. The van der Waals surface area contributed by atoms with Crippen LogP contribution in [0.4, 0.5) is 19.0 Å². The average molecular weight is 529 g/mol. The molecular weight excluding hydrogens is 507 g/mol. The third-order valence-corrected chi connectivity index (χ3v) is 6.61. The fourth-order valence-electron chi connectivity index (χ4n) is 3.80. The van der Waals surface area contributed by atoms with Crippen LogP contribution in [0, 0.1) is 0 Å². The lowest BCUT2D eigenvalue weighted by atomic mass is 10.1. The normalized spacial score (nSPS) is 22.3. The highest BCUT2D eigenvalue weighted by molar-refractivity contribution is 7.84. The molecule has 194 valence electrons. The van der Waals surface area contributed by atoms with E-state index in [0.717, 1.165) is 13.4 Å². The van der Waals surface area contributed by atoms with Crippen LogP contribution < -0.4 is 10.0 Å². The van der Waals surface area contributed by atoms with Crippen LogP contribution in [0.3, 0.4) is 0 Å². The summed E-state index contributed by atoms with van der Waals surface area (Å²) in [5.74, 6) is -0.711.